The minimum absolute atomic E-state index is 0.310. The summed E-state index contributed by atoms with van der Waals surface area (Å²) in [6.45, 7) is 1.39. The number of nitriles is 1. The van der Waals surface area contributed by atoms with Crippen LogP contribution in [0.3, 0.4) is 0 Å². The van der Waals surface area contributed by atoms with E-state index in [9.17, 15) is 10.1 Å². The van der Waals surface area contributed by atoms with E-state index < -0.39 is 5.41 Å². The first kappa shape index (κ1) is 16.1. The van der Waals surface area contributed by atoms with Gasteiger partial charge in [0.2, 0.25) is 0 Å². The van der Waals surface area contributed by atoms with Crippen molar-refractivity contribution in [3.63, 3.8) is 0 Å². The number of esters is 1. The van der Waals surface area contributed by atoms with E-state index in [-0.39, 0.29) is 5.97 Å². The second-order valence-electron chi connectivity index (χ2n) is 5.76. The van der Waals surface area contributed by atoms with Crippen LogP contribution in [0.4, 0.5) is 0 Å². The van der Waals surface area contributed by atoms with Crippen LogP contribution in [0.25, 0.3) is 0 Å². The third-order valence-corrected chi connectivity index (χ3v) is 4.42. The van der Waals surface area contributed by atoms with E-state index in [0.29, 0.717) is 43.9 Å². The molecule has 3 rings (SSSR count). The van der Waals surface area contributed by atoms with Crippen LogP contribution in [0.5, 0.6) is 0 Å². The molecule has 0 aliphatic carbocycles. The molecule has 7 nitrogen and oxygen atoms in total. The molecule has 7 heteroatoms. The molecular weight excluding hydrogens is 308 g/mol. The van der Waals surface area contributed by atoms with Gasteiger partial charge in [0.05, 0.1) is 25.3 Å². The summed E-state index contributed by atoms with van der Waals surface area (Å²) in [5.74, 6) is -0.310. The molecule has 1 aromatic heterocycles. The van der Waals surface area contributed by atoms with Crippen molar-refractivity contribution in [2.75, 3.05) is 20.3 Å². The molecule has 0 atom stereocenters. The van der Waals surface area contributed by atoms with Crippen molar-refractivity contribution in [3.8, 4) is 6.07 Å². The molecule has 1 aliphatic rings. The Morgan fingerprint density at radius 3 is 2.88 bits per heavy atom. The number of methoxy groups -OCH3 is 1. The zero-order valence-electron chi connectivity index (χ0n) is 13.4. The quantitative estimate of drug-likeness (QED) is 0.789. The van der Waals surface area contributed by atoms with Crippen LogP contribution < -0.4 is 0 Å². The van der Waals surface area contributed by atoms with Crippen molar-refractivity contribution in [3.05, 3.63) is 47.3 Å². The Morgan fingerprint density at radius 2 is 2.17 bits per heavy atom. The first-order valence-corrected chi connectivity index (χ1v) is 7.74. The number of nitrogens with zero attached hydrogens (tertiary/aromatic N) is 4. The van der Waals surface area contributed by atoms with Crippen molar-refractivity contribution in [2.45, 2.75) is 24.8 Å². The molecule has 0 N–H and O–H groups in total. The predicted molar refractivity (Wildman–Crippen MR) is 84.0 cm³/mol. The van der Waals surface area contributed by atoms with E-state index in [4.69, 9.17) is 9.47 Å². The van der Waals surface area contributed by atoms with E-state index in [1.165, 1.54) is 7.11 Å². The Balaban J connectivity index is 1.89. The van der Waals surface area contributed by atoms with E-state index in [1.54, 1.807) is 16.9 Å². The lowest BCUT2D eigenvalue weighted by molar-refractivity contribution is -0.151. The van der Waals surface area contributed by atoms with Crippen LogP contribution in [-0.4, -0.2) is 41.3 Å². The van der Waals surface area contributed by atoms with Gasteiger partial charge in [-0.2, -0.15) is 5.26 Å². The molecule has 24 heavy (non-hydrogen) atoms. The van der Waals surface area contributed by atoms with Crippen LogP contribution >= 0.6 is 0 Å². The highest BCUT2D eigenvalue weighted by Crippen LogP contribution is 2.34. The fraction of sp³-hybridized carbons (Fsp3) is 0.412. The molecule has 1 saturated heterocycles. The van der Waals surface area contributed by atoms with Crippen molar-refractivity contribution in [2.24, 2.45) is 0 Å². The maximum Gasteiger partial charge on any atom is 0.318 e. The SMILES string of the molecule is COC(=O)C1(c2cn(Cc3ccccc3C#N)nn2)CCOCC1. The molecule has 124 valence electrons. The average molecular weight is 326 g/mol. The van der Waals surface area contributed by atoms with Gasteiger partial charge in [-0.1, -0.05) is 23.4 Å². The third kappa shape index (κ3) is 2.88. The number of carbonyl (C=O) groups is 1. The highest BCUT2D eigenvalue weighted by molar-refractivity contribution is 5.82. The zero-order chi connectivity index (χ0) is 17.0. The monoisotopic (exact) mass is 326 g/mol. The van der Waals surface area contributed by atoms with Gasteiger partial charge in [-0.3, -0.25) is 4.79 Å². The average Bonchev–Trinajstić information content (AvgIpc) is 3.11. The molecule has 0 saturated carbocycles. The van der Waals surface area contributed by atoms with Gasteiger partial charge < -0.3 is 9.47 Å². The molecule has 2 heterocycles. The van der Waals surface area contributed by atoms with E-state index in [2.05, 4.69) is 16.4 Å². The number of rotatable bonds is 4. The summed E-state index contributed by atoms with van der Waals surface area (Å²) in [6.07, 6.45) is 2.80. The molecule has 1 aromatic carbocycles. The number of benzene rings is 1. The molecule has 0 unspecified atom stereocenters. The second-order valence-corrected chi connectivity index (χ2v) is 5.76. The van der Waals surface area contributed by atoms with Crippen molar-refractivity contribution < 1.29 is 14.3 Å². The molecule has 0 spiro atoms. The van der Waals surface area contributed by atoms with Crippen LogP contribution in [0.2, 0.25) is 0 Å². The number of hydrogen-bond acceptors (Lipinski definition) is 6. The largest absolute Gasteiger partial charge is 0.468 e. The van der Waals surface area contributed by atoms with Crippen LogP contribution in [0, 0.1) is 11.3 Å². The summed E-state index contributed by atoms with van der Waals surface area (Å²) >= 11 is 0. The summed E-state index contributed by atoms with van der Waals surface area (Å²) < 4.78 is 12.0. The highest BCUT2D eigenvalue weighted by Gasteiger charge is 2.45. The summed E-state index contributed by atoms with van der Waals surface area (Å²) in [7, 11) is 1.38. The second kappa shape index (κ2) is 6.81. The topological polar surface area (TPSA) is 90.0 Å². The molecule has 2 aromatic rings. The minimum Gasteiger partial charge on any atom is -0.468 e. The molecule has 0 bridgehead atoms. The normalized spacial score (nSPS) is 16.3. The summed E-state index contributed by atoms with van der Waals surface area (Å²) in [5.41, 5.74) is 1.24. The first-order valence-electron chi connectivity index (χ1n) is 7.74. The molecular formula is C17H18N4O3. The lowest BCUT2D eigenvalue weighted by Gasteiger charge is -2.32. The smallest absolute Gasteiger partial charge is 0.318 e. The van der Waals surface area contributed by atoms with E-state index in [0.717, 1.165) is 5.56 Å². The Labute approximate surface area is 139 Å². The Kier molecular flexibility index (Phi) is 4.58. The number of ether oxygens (including phenoxy) is 2. The van der Waals surface area contributed by atoms with Gasteiger partial charge in [0, 0.05) is 19.4 Å². The van der Waals surface area contributed by atoms with E-state index >= 15 is 0 Å². The van der Waals surface area contributed by atoms with Crippen LogP contribution in [-0.2, 0) is 26.2 Å². The Hall–Kier alpha value is -2.72. The van der Waals surface area contributed by atoms with Crippen molar-refractivity contribution >= 4 is 5.97 Å². The van der Waals surface area contributed by atoms with Gasteiger partial charge in [0.25, 0.3) is 0 Å². The lowest BCUT2D eigenvalue weighted by Crippen LogP contribution is -2.42. The van der Waals surface area contributed by atoms with Gasteiger partial charge in [-0.25, -0.2) is 4.68 Å². The zero-order valence-corrected chi connectivity index (χ0v) is 13.4. The molecule has 1 aliphatic heterocycles. The third-order valence-electron chi connectivity index (χ3n) is 4.42. The van der Waals surface area contributed by atoms with Crippen LogP contribution in [0.15, 0.2) is 30.5 Å². The summed E-state index contributed by atoms with van der Waals surface area (Å²) in [4.78, 5) is 12.4. The van der Waals surface area contributed by atoms with Gasteiger partial charge in [-0.15, -0.1) is 5.10 Å². The predicted octanol–water partition coefficient (Wildman–Crippen LogP) is 1.42. The van der Waals surface area contributed by atoms with Crippen molar-refractivity contribution in [1.29, 1.82) is 5.26 Å². The maximum absolute atomic E-state index is 12.4. The van der Waals surface area contributed by atoms with Gasteiger partial charge >= 0.3 is 5.97 Å². The molecule has 0 radical (unpaired) electrons. The van der Waals surface area contributed by atoms with Gasteiger partial charge in [0.15, 0.2) is 0 Å². The van der Waals surface area contributed by atoms with E-state index in [1.807, 2.05) is 18.2 Å². The number of aromatic nitrogens is 3. The first-order chi connectivity index (χ1) is 11.7. The van der Waals surface area contributed by atoms with Gasteiger partial charge in [-0.05, 0) is 24.5 Å². The highest BCUT2D eigenvalue weighted by atomic mass is 16.5. The fourth-order valence-corrected chi connectivity index (χ4v) is 3.02. The molecule has 1 fully saturated rings. The maximum atomic E-state index is 12.4. The summed E-state index contributed by atoms with van der Waals surface area (Å²) in [6, 6.07) is 9.51. The lowest BCUT2D eigenvalue weighted by atomic mass is 9.77. The Bertz CT molecular complexity index is 772. The summed E-state index contributed by atoms with van der Waals surface area (Å²) in [5, 5.41) is 17.5. The Morgan fingerprint density at radius 1 is 1.42 bits per heavy atom. The number of hydrogen-bond donors (Lipinski definition) is 0. The van der Waals surface area contributed by atoms with Crippen LogP contribution in [0.1, 0.15) is 29.7 Å². The minimum atomic E-state index is -0.806. The fourth-order valence-electron chi connectivity index (χ4n) is 3.02. The number of carbonyl (C=O) groups excluding carboxylic acids is 1. The standard InChI is InChI=1S/C17H18N4O3/c1-23-16(22)17(6-8-24-9-7-17)15-12-21(20-19-15)11-14-5-3-2-4-13(14)10-18/h2-5,12H,6-9,11H2,1H3. The molecule has 0 amide bonds. The van der Waals surface area contributed by atoms with Gasteiger partial charge in [0.1, 0.15) is 11.1 Å². The van der Waals surface area contributed by atoms with Crippen molar-refractivity contribution in [1.82, 2.24) is 15.0 Å².